The van der Waals surface area contributed by atoms with E-state index in [1.54, 1.807) is 12.4 Å². The van der Waals surface area contributed by atoms with Gasteiger partial charge >= 0.3 is 0 Å². The molecule has 0 spiro atoms. The SMILES string of the molecule is CNCC1CCN(C(=O)c2cnc(-c3ccccn3)s2)CC1. The van der Waals surface area contributed by atoms with Crippen LogP contribution in [0, 0.1) is 5.92 Å². The molecule has 0 bridgehead atoms. The van der Waals surface area contributed by atoms with Crippen LogP contribution in [0.1, 0.15) is 22.5 Å². The first-order chi connectivity index (χ1) is 10.8. The van der Waals surface area contributed by atoms with Crippen LogP contribution >= 0.6 is 11.3 Å². The number of nitrogens with one attached hydrogen (secondary N) is 1. The van der Waals surface area contributed by atoms with Crippen molar-refractivity contribution in [1.82, 2.24) is 20.2 Å². The Morgan fingerprint density at radius 3 is 2.86 bits per heavy atom. The average Bonchev–Trinajstić information content (AvgIpc) is 3.06. The van der Waals surface area contributed by atoms with Crippen molar-refractivity contribution >= 4 is 17.2 Å². The molecule has 1 saturated heterocycles. The van der Waals surface area contributed by atoms with Crippen LogP contribution in [-0.4, -0.2) is 47.5 Å². The van der Waals surface area contributed by atoms with Gasteiger partial charge in [0.1, 0.15) is 9.88 Å². The highest BCUT2D eigenvalue weighted by atomic mass is 32.1. The molecule has 22 heavy (non-hydrogen) atoms. The van der Waals surface area contributed by atoms with Crippen molar-refractivity contribution in [1.29, 1.82) is 0 Å². The first-order valence-corrected chi connectivity index (χ1v) is 8.40. The van der Waals surface area contributed by atoms with Crippen LogP contribution in [0.2, 0.25) is 0 Å². The van der Waals surface area contributed by atoms with Crippen LogP contribution in [-0.2, 0) is 0 Å². The highest BCUT2D eigenvalue weighted by Crippen LogP contribution is 2.25. The molecule has 6 heteroatoms. The molecule has 1 fully saturated rings. The Hall–Kier alpha value is -1.79. The second-order valence-corrected chi connectivity index (χ2v) is 6.57. The van der Waals surface area contributed by atoms with Crippen LogP contribution in [0.25, 0.3) is 10.7 Å². The Kier molecular flexibility index (Phi) is 4.80. The fourth-order valence-electron chi connectivity index (χ4n) is 2.77. The van der Waals surface area contributed by atoms with Gasteiger partial charge in [0.25, 0.3) is 5.91 Å². The fraction of sp³-hybridized carbons (Fsp3) is 0.438. The van der Waals surface area contributed by atoms with Crippen LogP contribution in [0.3, 0.4) is 0 Å². The minimum atomic E-state index is 0.0996. The lowest BCUT2D eigenvalue weighted by Gasteiger charge is -2.31. The zero-order chi connectivity index (χ0) is 15.4. The minimum absolute atomic E-state index is 0.0996. The van der Waals surface area contributed by atoms with Gasteiger partial charge in [-0.2, -0.15) is 0 Å². The first-order valence-electron chi connectivity index (χ1n) is 7.59. The van der Waals surface area contributed by atoms with E-state index >= 15 is 0 Å². The van der Waals surface area contributed by atoms with Gasteiger partial charge in [0.15, 0.2) is 0 Å². The number of nitrogens with zero attached hydrogens (tertiary/aromatic N) is 3. The van der Waals surface area contributed by atoms with E-state index in [4.69, 9.17) is 0 Å². The van der Waals surface area contributed by atoms with Gasteiger partial charge in [-0.15, -0.1) is 11.3 Å². The molecule has 0 aliphatic carbocycles. The molecule has 3 heterocycles. The summed E-state index contributed by atoms with van der Waals surface area (Å²) < 4.78 is 0. The molecule has 1 aliphatic heterocycles. The van der Waals surface area contributed by atoms with Crippen molar-refractivity contribution in [3.8, 4) is 10.7 Å². The monoisotopic (exact) mass is 316 g/mol. The van der Waals surface area contributed by atoms with Gasteiger partial charge in [-0.3, -0.25) is 9.78 Å². The number of hydrogen-bond donors (Lipinski definition) is 1. The molecule has 0 aromatic carbocycles. The van der Waals surface area contributed by atoms with E-state index in [1.165, 1.54) is 11.3 Å². The molecule has 2 aromatic heterocycles. The standard InChI is InChI=1S/C16H20N4OS/c1-17-10-12-5-8-20(9-6-12)16(21)14-11-19-15(22-14)13-4-2-3-7-18-13/h2-4,7,11-12,17H,5-6,8-10H2,1H3. The molecule has 0 radical (unpaired) electrons. The van der Waals surface area contributed by atoms with Gasteiger partial charge in [0.2, 0.25) is 0 Å². The average molecular weight is 316 g/mol. The smallest absolute Gasteiger partial charge is 0.265 e. The second-order valence-electron chi connectivity index (χ2n) is 5.54. The van der Waals surface area contributed by atoms with E-state index in [-0.39, 0.29) is 5.91 Å². The van der Waals surface area contributed by atoms with E-state index in [2.05, 4.69) is 15.3 Å². The minimum Gasteiger partial charge on any atom is -0.338 e. The third-order valence-electron chi connectivity index (χ3n) is 4.00. The van der Waals surface area contributed by atoms with Gasteiger partial charge in [0, 0.05) is 19.3 Å². The maximum absolute atomic E-state index is 12.6. The third-order valence-corrected chi connectivity index (χ3v) is 5.00. The Bertz CT molecular complexity index is 620. The molecule has 1 aliphatic rings. The molecule has 3 rings (SSSR count). The summed E-state index contributed by atoms with van der Waals surface area (Å²) in [6, 6.07) is 5.71. The number of piperidine rings is 1. The summed E-state index contributed by atoms with van der Waals surface area (Å²) in [6.07, 6.45) is 5.55. The lowest BCUT2D eigenvalue weighted by Crippen LogP contribution is -2.40. The van der Waals surface area contributed by atoms with Gasteiger partial charge in [0.05, 0.1) is 11.9 Å². The maximum Gasteiger partial charge on any atom is 0.265 e. The number of pyridine rings is 1. The van der Waals surface area contributed by atoms with Crippen molar-refractivity contribution in [2.24, 2.45) is 5.92 Å². The summed E-state index contributed by atoms with van der Waals surface area (Å²) in [5.74, 6) is 0.780. The van der Waals surface area contributed by atoms with Crippen LogP contribution in [0.5, 0.6) is 0 Å². The summed E-state index contributed by atoms with van der Waals surface area (Å²) in [6.45, 7) is 2.70. The van der Waals surface area contributed by atoms with Crippen LogP contribution in [0.15, 0.2) is 30.6 Å². The third kappa shape index (κ3) is 3.34. The topological polar surface area (TPSA) is 58.1 Å². The van der Waals surface area contributed by atoms with Crippen molar-refractivity contribution in [3.63, 3.8) is 0 Å². The first kappa shape index (κ1) is 15.1. The Morgan fingerprint density at radius 1 is 1.36 bits per heavy atom. The van der Waals surface area contributed by atoms with Crippen LogP contribution in [0.4, 0.5) is 0 Å². The highest BCUT2D eigenvalue weighted by molar-refractivity contribution is 7.16. The molecule has 5 nitrogen and oxygen atoms in total. The summed E-state index contributed by atoms with van der Waals surface area (Å²) in [5, 5.41) is 4.02. The van der Waals surface area contributed by atoms with Crippen molar-refractivity contribution < 1.29 is 4.79 Å². The van der Waals surface area contributed by atoms with Gasteiger partial charge in [-0.05, 0) is 44.5 Å². The fourth-order valence-corrected chi connectivity index (χ4v) is 3.63. The normalized spacial score (nSPS) is 16.0. The second kappa shape index (κ2) is 6.98. The molecular weight excluding hydrogens is 296 g/mol. The number of hydrogen-bond acceptors (Lipinski definition) is 5. The lowest BCUT2D eigenvalue weighted by molar-refractivity contribution is 0.0695. The molecule has 0 unspecified atom stereocenters. The number of rotatable bonds is 4. The number of likely N-dealkylation sites (tertiary alicyclic amines) is 1. The number of aromatic nitrogens is 2. The van der Waals surface area contributed by atoms with Gasteiger partial charge in [-0.1, -0.05) is 6.07 Å². The number of thiazole rings is 1. The molecule has 0 atom stereocenters. The largest absolute Gasteiger partial charge is 0.338 e. The molecule has 0 saturated carbocycles. The summed E-state index contributed by atoms with van der Waals surface area (Å²) in [5.41, 5.74) is 0.819. The molecule has 1 N–H and O–H groups in total. The zero-order valence-corrected chi connectivity index (χ0v) is 13.5. The lowest BCUT2D eigenvalue weighted by atomic mass is 9.97. The maximum atomic E-state index is 12.6. The number of carbonyl (C=O) groups excluding carboxylic acids is 1. The van der Waals surface area contributed by atoms with Gasteiger partial charge < -0.3 is 10.2 Å². The highest BCUT2D eigenvalue weighted by Gasteiger charge is 2.24. The van der Waals surface area contributed by atoms with E-state index in [0.717, 1.165) is 43.2 Å². The zero-order valence-electron chi connectivity index (χ0n) is 12.7. The summed E-state index contributed by atoms with van der Waals surface area (Å²) in [4.78, 5) is 23.8. The van der Waals surface area contributed by atoms with Crippen molar-refractivity contribution in [2.75, 3.05) is 26.7 Å². The predicted molar refractivity (Wildman–Crippen MR) is 87.9 cm³/mol. The van der Waals surface area contributed by atoms with Crippen LogP contribution < -0.4 is 5.32 Å². The van der Waals surface area contributed by atoms with Gasteiger partial charge in [-0.25, -0.2) is 4.98 Å². The summed E-state index contributed by atoms with van der Waals surface area (Å²) in [7, 11) is 1.98. The Morgan fingerprint density at radius 2 is 2.18 bits per heavy atom. The molecule has 2 aromatic rings. The molecule has 1 amide bonds. The van der Waals surface area contributed by atoms with Crippen molar-refractivity contribution in [3.05, 3.63) is 35.5 Å². The number of amides is 1. The molecule has 116 valence electrons. The summed E-state index contributed by atoms with van der Waals surface area (Å²) >= 11 is 1.42. The van der Waals surface area contributed by atoms with E-state index in [0.29, 0.717) is 10.8 Å². The van der Waals surface area contributed by atoms with E-state index in [9.17, 15) is 4.79 Å². The van der Waals surface area contributed by atoms with E-state index < -0.39 is 0 Å². The quantitative estimate of drug-likeness (QED) is 0.940. The predicted octanol–water partition coefficient (Wildman–Crippen LogP) is 2.28. The Balaban J connectivity index is 1.65. The van der Waals surface area contributed by atoms with Crippen molar-refractivity contribution in [2.45, 2.75) is 12.8 Å². The Labute approximate surface area is 134 Å². The molecular formula is C16H20N4OS. The van der Waals surface area contributed by atoms with E-state index in [1.807, 2.05) is 30.1 Å². The number of carbonyl (C=O) groups is 1.